The fourth-order valence-corrected chi connectivity index (χ4v) is 5.33. The predicted octanol–water partition coefficient (Wildman–Crippen LogP) is 6.09. The third kappa shape index (κ3) is 3.80. The third-order valence-corrected chi connectivity index (χ3v) is 6.60. The Morgan fingerprint density at radius 1 is 1.25 bits per heavy atom. The average molecular weight is 418 g/mol. The van der Waals surface area contributed by atoms with Gasteiger partial charge < -0.3 is 15.2 Å². The minimum atomic E-state index is -0.512. The normalized spacial score (nSPS) is 14.4. The number of benzene rings is 1. The van der Waals surface area contributed by atoms with E-state index in [-0.39, 0.29) is 17.1 Å². The first-order valence-electron chi connectivity index (χ1n) is 9.33. The maximum atomic E-state index is 13.3. The van der Waals surface area contributed by atoms with Gasteiger partial charge in [-0.1, -0.05) is 11.6 Å². The van der Waals surface area contributed by atoms with Crippen LogP contribution in [-0.2, 0) is 12.8 Å². The Morgan fingerprint density at radius 3 is 2.75 bits per heavy atom. The maximum absolute atomic E-state index is 13.3. The summed E-state index contributed by atoms with van der Waals surface area (Å²) in [6.45, 7) is 2.00. The number of carbonyl (C=O) groups excluding carboxylic acids is 1. The van der Waals surface area contributed by atoms with Crippen LogP contribution in [0.1, 0.15) is 41.8 Å². The van der Waals surface area contributed by atoms with Gasteiger partial charge in [0.25, 0.3) is 0 Å². The summed E-state index contributed by atoms with van der Waals surface area (Å²) in [6, 6.07) is 7.63. The summed E-state index contributed by atoms with van der Waals surface area (Å²) < 4.78 is 15.4. The van der Waals surface area contributed by atoms with Gasteiger partial charge in [-0.2, -0.15) is 0 Å². The number of urea groups is 1. The summed E-state index contributed by atoms with van der Waals surface area (Å²) in [5, 5.41) is 6.90. The number of hydrogen-bond donors (Lipinski definition) is 2. The van der Waals surface area contributed by atoms with Crippen molar-refractivity contribution in [3.63, 3.8) is 0 Å². The number of fused-ring (bicyclic) bond motifs is 1. The van der Waals surface area contributed by atoms with Crippen LogP contribution in [0.25, 0.3) is 5.00 Å². The molecule has 0 bridgehead atoms. The Balaban J connectivity index is 1.57. The van der Waals surface area contributed by atoms with Crippen molar-refractivity contribution in [3.8, 4) is 5.00 Å². The van der Waals surface area contributed by atoms with Crippen LogP contribution < -0.4 is 10.6 Å². The summed E-state index contributed by atoms with van der Waals surface area (Å²) in [6.07, 6.45) is 8.60. The minimum Gasteiger partial charge on any atom is -0.331 e. The van der Waals surface area contributed by atoms with Gasteiger partial charge in [-0.25, -0.2) is 9.18 Å². The molecule has 1 aliphatic rings. The van der Waals surface area contributed by atoms with Crippen molar-refractivity contribution in [1.29, 1.82) is 0 Å². The lowest BCUT2D eigenvalue weighted by atomic mass is 9.93. The molecule has 2 N–H and O–H groups in total. The highest BCUT2D eigenvalue weighted by Gasteiger charge is 2.26. The first kappa shape index (κ1) is 19.0. The quantitative estimate of drug-likeness (QED) is 0.529. The number of nitrogens with zero attached hydrogens (tertiary/aromatic N) is 1. The number of amides is 2. The van der Waals surface area contributed by atoms with E-state index in [0.717, 1.165) is 17.8 Å². The largest absolute Gasteiger partial charge is 0.331 e. The molecule has 1 aromatic carbocycles. The zero-order valence-electron chi connectivity index (χ0n) is 15.5. The molecule has 4 nitrogen and oxygen atoms in total. The minimum absolute atomic E-state index is 0.0207. The van der Waals surface area contributed by atoms with Crippen molar-refractivity contribution < 1.29 is 9.18 Å². The number of halogens is 2. The van der Waals surface area contributed by atoms with E-state index in [0.29, 0.717) is 5.69 Å². The molecule has 2 aromatic heterocycles. The van der Waals surface area contributed by atoms with Crippen molar-refractivity contribution >= 4 is 34.7 Å². The van der Waals surface area contributed by atoms with E-state index in [1.807, 2.05) is 42.8 Å². The van der Waals surface area contributed by atoms with Gasteiger partial charge in [-0.15, -0.1) is 11.3 Å². The van der Waals surface area contributed by atoms with Gasteiger partial charge in [0.05, 0.1) is 11.1 Å². The van der Waals surface area contributed by atoms with Gasteiger partial charge in [0.15, 0.2) is 0 Å². The van der Waals surface area contributed by atoms with E-state index in [4.69, 9.17) is 11.6 Å². The first-order chi connectivity index (χ1) is 13.5. The molecule has 3 aromatic rings. The van der Waals surface area contributed by atoms with Crippen molar-refractivity contribution in [2.45, 2.75) is 38.6 Å². The second-order valence-electron chi connectivity index (χ2n) is 6.97. The Kier molecular flexibility index (Phi) is 5.42. The van der Waals surface area contributed by atoms with Crippen molar-refractivity contribution in [1.82, 2.24) is 9.88 Å². The molecule has 0 spiro atoms. The summed E-state index contributed by atoms with van der Waals surface area (Å²) in [5.74, 6) is -0.512. The van der Waals surface area contributed by atoms with Crippen LogP contribution in [-0.4, -0.2) is 10.6 Å². The highest BCUT2D eigenvalue weighted by Crippen LogP contribution is 2.40. The van der Waals surface area contributed by atoms with Crippen LogP contribution in [0.15, 0.2) is 42.7 Å². The number of rotatable bonds is 4. The maximum Gasteiger partial charge on any atom is 0.319 e. The van der Waals surface area contributed by atoms with Gasteiger partial charge >= 0.3 is 6.03 Å². The molecule has 0 radical (unpaired) electrons. The van der Waals surface area contributed by atoms with Crippen molar-refractivity contribution in [2.75, 3.05) is 5.32 Å². The SMILES string of the molecule is C[C@H](NC(=O)Nc1ccc(F)c(Cl)c1)c1c(-n2cccc2)sc2c1CCCC2. The topological polar surface area (TPSA) is 46.1 Å². The standard InChI is InChI=1S/C21H21ClFN3OS/c1-13(24-21(27)25-14-8-9-17(23)16(22)12-14)19-15-6-2-3-7-18(15)28-20(19)26-10-4-5-11-26/h4-5,8-13H,2-3,6-7H2,1H3,(H2,24,25,27)/t13-/m0/s1. The molecule has 0 saturated heterocycles. The molecule has 0 fully saturated rings. The summed E-state index contributed by atoms with van der Waals surface area (Å²) >= 11 is 7.61. The summed E-state index contributed by atoms with van der Waals surface area (Å²) in [7, 11) is 0. The molecular formula is C21H21ClFN3OS. The second kappa shape index (κ2) is 7.97. The van der Waals surface area contributed by atoms with Crippen molar-refractivity contribution in [3.05, 3.63) is 69.6 Å². The Hall–Kier alpha value is -2.31. The second-order valence-corrected chi connectivity index (χ2v) is 8.46. The number of aromatic nitrogens is 1. The Morgan fingerprint density at radius 2 is 2.00 bits per heavy atom. The van der Waals surface area contributed by atoms with Crippen LogP contribution in [0, 0.1) is 5.82 Å². The first-order valence-corrected chi connectivity index (χ1v) is 10.5. The molecule has 4 rings (SSSR count). The molecular weight excluding hydrogens is 397 g/mol. The lowest BCUT2D eigenvalue weighted by molar-refractivity contribution is 0.249. The van der Waals surface area contributed by atoms with Crippen LogP contribution >= 0.6 is 22.9 Å². The number of carbonyl (C=O) groups is 1. The van der Waals surface area contributed by atoms with Crippen molar-refractivity contribution in [2.24, 2.45) is 0 Å². The molecule has 28 heavy (non-hydrogen) atoms. The van der Waals surface area contributed by atoms with Gasteiger partial charge in [0, 0.05) is 28.5 Å². The zero-order chi connectivity index (χ0) is 19.7. The molecule has 0 unspecified atom stereocenters. The highest BCUT2D eigenvalue weighted by atomic mass is 35.5. The third-order valence-electron chi connectivity index (χ3n) is 4.99. The lowest BCUT2D eigenvalue weighted by Gasteiger charge is -2.20. The summed E-state index contributed by atoms with van der Waals surface area (Å²) in [5.41, 5.74) is 3.01. The number of thiophene rings is 1. The molecule has 7 heteroatoms. The zero-order valence-corrected chi connectivity index (χ0v) is 17.0. The number of nitrogens with one attached hydrogen (secondary N) is 2. The van der Waals surface area contributed by atoms with Crippen LogP contribution in [0.5, 0.6) is 0 Å². The number of aryl methyl sites for hydroxylation is 1. The Labute approximate surface area is 172 Å². The molecule has 1 aliphatic carbocycles. The smallest absolute Gasteiger partial charge is 0.319 e. The van der Waals surface area contributed by atoms with Gasteiger partial charge in [0.1, 0.15) is 10.8 Å². The predicted molar refractivity (Wildman–Crippen MR) is 112 cm³/mol. The highest BCUT2D eigenvalue weighted by molar-refractivity contribution is 7.15. The van der Waals surface area contributed by atoms with Gasteiger partial charge in [0.2, 0.25) is 0 Å². The Bertz CT molecular complexity index is 1000. The molecule has 2 heterocycles. The molecule has 1 atom stereocenters. The van der Waals surface area contributed by atoms with E-state index >= 15 is 0 Å². The number of hydrogen-bond acceptors (Lipinski definition) is 2. The van der Waals surface area contributed by atoms with Crippen LogP contribution in [0.3, 0.4) is 0 Å². The van der Waals surface area contributed by atoms with Crippen LogP contribution in [0.2, 0.25) is 5.02 Å². The molecule has 0 aliphatic heterocycles. The lowest BCUT2D eigenvalue weighted by Crippen LogP contribution is -2.32. The van der Waals surface area contributed by atoms with E-state index in [1.165, 1.54) is 47.0 Å². The van der Waals surface area contributed by atoms with E-state index in [1.54, 1.807) is 0 Å². The monoisotopic (exact) mass is 417 g/mol. The fraction of sp³-hybridized carbons (Fsp3) is 0.286. The molecule has 2 amide bonds. The van der Waals surface area contributed by atoms with Crippen LogP contribution in [0.4, 0.5) is 14.9 Å². The van der Waals surface area contributed by atoms with E-state index < -0.39 is 5.82 Å². The van der Waals surface area contributed by atoms with Gasteiger partial charge in [-0.05, 0) is 68.5 Å². The summed E-state index contributed by atoms with van der Waals surface area (Å²) in [4.78, 5) is 13.9. The average Bonchev–Trinajstić information content (AvgIpc) is 3.31. The molecule has 0 saturated carbocycles. The van der Waals surface area contributed by atoms with E-state index in [9.17, 15) is 9.18 Å². The van der Waals surface area contributed by atoms with E-state index in [2.05, 4.69) is 15.2 Å². The van der Waals surface area contributed by atoms with Gasteiger partial charge in [-0.3, -0.25) is 0 Å². The number of anilines is 1. The fourth-order valence-electron chi connectivity index (χ4n) is 3.69. The molecule has 146 valence electrons.